The number of nitrogens with zero attached hydrogens (tertiary/aromatic N) is 7. The second-order valence-electron chi connectivity index (χ2n) is 10.4. The van der Waals surface area contributed by atoms with Crippen LogP contribution in [0.2, 0.25) is 0 Å². The van der Waals surface area contributed by atoms with Crippen LogP contribution < -0.4 is 11.5 Å². The van der Waals surface area contributed by atoms with Crippen LogP contribution in [0.25, 0.3) is 27.5 Å². The maximum atomic E-state index is 12.6. The summed E-state index contributed by atoms with van der Waals surface area (Å²) in [4.78, 5) is 30.7. The fraction of sp³-hybridized carbons (Fsp3) is 0.276. The van der Waals surface area contributed by atoms with E-state index in [-0.39, 0.29) is 18.4 Å². The lowest BCUT2D eigenvalue weighted by Gasteiger charge is -2.32. The zero-order chi connectivity index (χ0) is 28.7. The summed E-state index contributed by atoms with van der Waals surface area (Å²) in [6, 6.07) is 18.2. The van der Waals surface area contributed by atoms with Crippen molar-refractivity contribution < 1.29 is 14.7 Å². The molecule has 4 heterocycles. The van der Waals surface area contributed by atoms with E-state index in [9.17, 15) is 9.59 Å². The van der Waals surface area contributed by atoms with Crippen molar-refractivity contribution in [3.63, 3.8) is 0 Å². The lowest BCUT2D eigenvalue weighted by Crippen LogP contribution is -2.44. The number of carbonyl (C=O) groups excluding carboxylic acids is 1. The van der Waals surface area contributed by atoms with Crippen LogP contribution in [-0.4, -0.2) is 78.0 Å². The van der Waals surface area contributed by atoms with Gasteiger partial charge in [0.25, 0.3) is 0 Å². The molecule has 2 amide bonds. The molecule has 1 fully saturated rings. The minimum atomic E-state index is -1.12. The molecule has 12 heteroatoms. The number of amides is 2. The lowest BCUT2D eigenvalue weighted by atomic mass is 9.93. The van der Waals surface area contributed by atoms with Crippen molar-refractivity contribution in [2.45, 2.75) is 25.3 Å². The summed E-state index contributed by atoms with van der Waals surface area (Å²) in [5.41, 5.74) is 18.3. The van der Waals surface area contributed by atoms with Gasteiger partial charge in [-0.15, -0.1) is 0 Å². The number of carbonyl (C=O) groups is 2. The highest BCUT2D eigenvalue weighted by atomic mass is 16.4. The van der Waals surface area contributed by atoms with Gasteiger partial charge in [-0.2, -0.15) is 10.2 Å². The molecule has 0 unspecified atom stereocenters. The van der Waals surface area contributed by atoms with Gasteiger partial charge in [0.1, 0.15) is 24.2 Å². The molecule has 41 heavy (non-hydrogen) atoms. The molecular weight excluding hydrogens is 522 g/mol. The van der Waals surface area contributed by atoms with E-state index in [1.165, 1.54) is 13.4 Å². The second kappa shape index (κ2) is 10.5. The normalized spacial score (nSPS) is 14.1. The van der Waals surface area contributed by atoms with Gasteiger partial charge in [-0.1, -0.05) is 36.4 Å². The molecule has 1 aliphatic rings. The Bertz CT molecular complexity index is 1750. The van der Waals surface area contributed by atoms with Crippen LogP contribution in [0, 0.1) is 0 Å². The summed E-state index contributed by atoms with van der Waals surface area (Å²) in [5.74, 6) is 0.924. The van der Waals surface area contributed by atoms with Crippen molar-refractivity contribution in [3.05, 3.63) is 72.2 Å². The van der Waals surface area contributed by atoms with Gasteiger partial charge in [0.15, 0.2) is 5.82 Å². The van der Waals surface area contributed by atoms with Crippen molar-refractivity contribution in [1.29, 1.82) is 0 Å². The summed E-state index contributed by atoms with van der Waals surface area (Å²) >= 11 is 0. The van der Waals surface area contributed by atoms with E-state index in [4.69, 9.17) is 21.7 Å². The zero-order valence-corrected chi connectivity index (χ0v) is 22.6. The number of anilines is 2. The number of nitrogen functional groups attached to an aromatic ring is 2. The van der Waals surface area contributed by atoms with Crippen LogP contribution in [0.4, 0.5) is 16.4 Å². The Morgan fingerprint density at radius 2 is 1.83 bits per heavy atom. The number of piperidine rings is 1. The van der Waals surface area contributed by atoms with Crippen LogP contribution in [0.3, 0.4) is 0 Å². The van der Waals surface area contributed by atoms with Gasteiger partial charge in [-0.25, -0.2) is 19.0 Å². The van der Waals surface area contributed by atoms with Gasteiger partial charge in [0.2, 0.25) is 5.91 Å². The first-order valence-electron chi connectivity index (χ1n) is 13.4. The Balaban J connectivity index is 1.30. The van der Waals surface area contributed by atoms with Gasteiger partial charge in [-0.05, 0) is 42.2 Å². The number of hydrogen-bond acceptors (Lipinski definition) is 7. The maximum Gasteiger partial charge on any atom is 0.407 e. The standard InChI is InChI=1S/C29H31N9O3/c1-35(29(40)41)16-25(39)36-11-9-19(10-12-36)24-14-22(26-27(30)32-17-33-38(24)26)20-7-8-21-23(13-20)34-37(28(21)31)15-18-5-3-2-4-6-18/h2-8,13-14,17,19H,9-12,15-16,31H2,1H3,(H,40,41)(H2,30,32,33). The fourth-order valence-corrected chi connectivity index (χ4v) is 5.60. The number of likely N-dealkylation sites (tertiary alicyclic amines) is 1. The van der Waals surface area contributed by atoms with E-state index in [2.05, 4.69) is 16.1 Å². The SMILES string of the molecule is CN(CC(=O)N1CCC(c2cc(-c3ccc4c(N)n(Cc5ccccc5)nc4c3)c3c(N)ncnn23)CC1)C(=O)O. The number of aromatic nitrogens is 5. The molecule has 5 N–H and O–H groups in total. The molecule has 1 aliphatic heterocycles. The van der Waals surface area contributed by atoms with E-state index >= 15 is 0 Å². The predicted molar refractivity (Wildman–Crippen MR) is 155 cm³/mol. The molecule has 0 radical (unpaired) electrons. The first-order chi connectivity index (χ1) is 19.8. The molecule has 6 rings (SSSR count). The van der Waals surface area contributed by atoms with Crippen LogP contribution in [-0.2, 0) is 11.3 Å². The molecule has 0 atom stereocenters. The minimum Gasteiger partial charge on any atom is -0.465 e. The Morgan fingerprint density at radius 3 is 2.56 bits per heavy atom. The quantitative estimate of drug-likeness (QED) is 0.289. The first-order valence-corrected chi connectivity index (χ1v) is 13.4. The van der Waals surface area contributed by atoms with Crippen LogP contribution in [0.15, 0.2) is 60.9 Å². The van der Waals surface area contributed by atoms with Gasteiger partial charge < -0.3 is 26.4 Å². The van der Waals surface area contributed by atoms with Gasteiger partial charge in [-0.3, -0.25) is 4.79 Å². The summed E-state index contributed by atoms with van der Waals surface area (Å²) in [6.45, 7) is 1.48. The number of fused-ring (bicyclic) bond motifs is 2. The van der Waals surface area contributed by atoms with E-state index in [1.807, 2.05) is 57.7 Å². The molecule has 0 saturated carbocycles. The smallest absolute Gasteiger partial charge is 0.407 e. The van der Waals surface area contributed by atoms with Gasteiger partial charge in [0, 0.05) is 42.7 Å². The molecule has 5 aromatic rings. The highest BCUT2D eigenvalue weighted by Crippen LogP contribution is 2.38. The van der Waals surface area contributed by atoms with Crippen LogP contribution >= 0.6 is 0 Å². The molecule has 3 aromatic heterocycles. The summed E-state index contributed by atoms with van der Waals surface area (Å²) < 4.78 is 3.67. The molecule has 1 saturated heterocycles. The van der Waals surface area contributed by atoms with Gasteiger partial charge >= 0.3 is 6.09 Å². The van der Waals surface area contributed by atoms with E-state index in [0.717, 1.165) is 56.5 Å². The van der Waals surface area contributed by atoms with Crippen molar-refractivity contribution >= 4 is 40.1 Å². The van der Waals surface area contributed by atoms with E-state index in [0.29, 0.717) is 31.3 Å². The number of nitrogens with two attached hydrogens (primary N) is 2. The molecule has 0 spiro atoms. The van der Waals surface area contributed by atoms with Crippen LogP contribution in [0.1, 0.15) is 30.0 Å². The largest absolute Gasteiger partial charge is 0.465 e. The Labute approximate surface area is 235 Å². The summed E-state index contributed by atoms with van der Waals surface area (Å²) in [6.07, 6.45) is 1.77. The van der Waals surface area contributed by atoms with E-state index in [1.54, 1.807) is 4.90 Å². The molecule has 0 aliphatic carbocycles. The molecule has 2 aromatic carbocycles. The number of benzene rings is 2. The maximum absolute atomic E-state index is 12.6. The number of carboxylic acid groups (broad SMARTS) is 1. The van der Waals surface area contributed by atoms with Crippen molar-refractivity contribution in [2.24, 2.45) is 0 Å². The third kappa shape index (κ3) is 4.88. The number of likely N-dealkylation sites (N-methyl/N-ethyl adjacent to an activating group) is 1. The van der Waals surface area contributed by atoms with Crippen molar-refractivity contribution in [2.75, 3.05) is 38.1 Å². The van der Waals surface area contributed by atoms with Crippen LogP contribution in [0.5, 0.6) is 0 Å². The van der Waals surface area contributed by atoms with Gasteiger partial charge in [0.05, 0.1) is 12.1 Å². The summed E-state index contributed by atoms with van der Waals surface area (Å²) in [5, 5.41) is 19.3. The number of rotatable bonds is 6. The highest BCUT2D eigenvalue weighted by molar-refractivity contribution is 5.96. The first kappa shape index (κ1) is 26.1. The second-order valence-corrected chi connectivity index (χ2v) is 10.4. The average Bonchev–Trinajstić information content (AvgIpc) is 3.52. The van der Waals surface area contributed by atoms with Crippen molar-refractivity contribution in [3.8, 4) is 11.1 Å². The molecule has 12 nitrogen and oxygen atoms in total. The fourth-order valence-electron chi connectivity index (χ4n) is 5.60. The number of hydrogen-bond donors (Lipinski definition) is 3. The zero-order valence-electron chi connectivity index (χ0n) is 22.6. The Kier molecular flexibility index (Phi) is 6.66. The molecule has 210 valence electrons. The Hall–Kier alpha value is -5.13. The predicted octanol–water partition coefficient (Wildman–Crippen LogP) is 3.27. The monoisotopic (exact) mass is 553 g/mol. The van der Waals surface area contributed by atoms with Crippen molar-refractivity contribution in [1.82, 2.24) is 34.2 Å². The lowest BCUT2D eigenvalue weighted by molar-refractivity contribution is -0.132. The average molecular weight is 554 g/mol. The highest BCUT2D eigenvalue weighted by Gasteiger charge is 2.28. The van der Waals surface area contributed by atoms with E-state index < -0.39 is 6.09 Å². The third-order valence-electron chi connectivity index (χ3n) is 7.84. The Morgan fingerprint density at radius 1 is 1.07 bits per heavy atom. The molecular formula is C29H31N9O3. The topological polar surface area (TPSA) is 161 Å². The molecule has 0 bridgehead atoms. The minimum absolute atomic E-state index is 0.135. The summed E-state index contributed by atoms with van der Waals surface area (Å²) in [7, 11) is 1.39. The third-order valence-corrected chi connectivity index (χ3v) is 7.84.